The molecule has 4 aromatic carbocycles. The predicted molar refractivity (Wildman–Crippen MR) is 167 cm³/mol. The molecule has 2 aliphatic carbocycles. The minimum atomic E-state index is -2.50. The highest BCUT2D eigenvalue weighted by atomic mass is 28.3. The van der Waals surface area contributed by atoms with Crippen molar-refractivity contribution in [1.82, 2.24) is 0 Å². The highest BCUT2D eigenvalue weighted by Gasteiger charge is 2.55. The van der Waals surface area contributed by atoms with Crippen molar-refractivity contribution >= 4 is 24.5 Å². The molecule has 0 fully saturated rings. The molecule has 0 heterocycles. The van der Waals surface area contributed by atoms with Crippen molar-refractivity contribution in [3.05, 3.63) is 149 Å². The minimum absolute atomic E-state index is 0.366. The summed E-state index contributed by atoms with van der Waals surface area (Å²) in [6.07, 6.45) is 6.06. The van der Waals surface area contributed by atoms with Gasteiger partial charge >= 0.3 is 0 Å². The zero-order chi connectivity index (χ0) is 26.3. The van der Waals surface area contributed by atoms with Gasteiger partial charge in [-0.25, -0.2) is 0 Å². The van der Waals surface area contributed by atoms with Gasteiger partial charge in [0, 0.05) is 11.1 Å². The average molecular weight is 509 g/mol. The number of allylic oxidation sites excluding steroid dienone is 5. The molecule has 0 spiro atoms. The zero-order valence-electron chi connectivity index (χ0n) is 22.9. The molecular formula is C37H36Si. The summed E-state index contributed by atoms with van der Waals surface area (Å²) in [6, 6.07) is 41.0. The van der Waals surface area contributed by atoms with Gasteiger partial charge < -0.3 is 0 Å². The second kappa shape index (κ2) is 9.89. The Morgan fingerprint density at radius 1 is 0.605 bits per heavy atom. The molecule has 0 aromatic heterocycles. The third kappa shape index (κ3) is 3.72. The van der Waals surface area contributed by atoms with Gasteiger partial charge in [-0.2, -0.15) is 0 Å². The summed E-state index contributed by atoms with van der Waals surface area (Å²) in [4.78, 5) is 0. The van der Waals surface area contributed by atoms with Crippen LogP contribution in [0.15, 0.2) is 138 Å². The third-order valence-electron chi connectivity index (χ3n) is 9.01. The van der Waals surface area contributed by atoms with Gasteiger partial charge in [-0.15, -0.1) is 0 Å². The van der Waals surface area contributed by atoms with Crippen LogP contribution in [0.3, 0.4) is 0 Å². The van der Waals surface area contributed by atoms with E-state index in [-0.39, 0.29) is 0 Å². The Kier molecular flexibility index (Phi) is 6.41. The smallest absolute Gasteiger partial charge is 0.0679 e. The average Bonchev–Trinajstić information content (AvgIpc) is 3.47. The Morgan fingerprint density at radius 2 is 1.18 bits per heavy atom. The molecule has 0 nitrogen and oxygen atoms in total. The summed E-state index contributed by atoms with van der Waals surface area (Å²) < 4.78 is 0. The van der Waals surface area contributed by atoms with Crippen LogP contribution in [-0.2, 0) is 0 Å². The Balaban J connectivity index is 1.72. The molecule has 2 unspecified atom stereocenters. The third-order valence-corrected chi connectivity index (χ3v) is 15.0. The Morgan fingerprint density at radius 3 is 1.71 bits per heavy atom. The van der Waals surface area contributed by atoms with Gasteiger partial charge in [-0.3, -0.25) is 0 Å². The fourth-order valence-corrected chi connectivity index (χ4v) is 14.2. The van der Waals surface area contributed by atoms with Gasteiger partial charge in [0.1, 0.15) is 8.07 Å². The fourth-order valence-electron chi connectivity index (χ4n) is 7.41. The maximum atomic E-state index is 2.55. The summed E-state index contributed by atoms with van der Waals surface area (Å²) in [7, 11) is -2.50. The molecule has 4 aromatic rings. The number of hydrogen-bond donors (Lipinski definition) is 0. The molecule has 6 rings (SSSR count). The van der Waals surface area contributed by atoms with Crippen molar-refractivity contribution in [2.45, 2.75) is 45.2 Å². The van der Waals surface area contributed by atoms with Crippen LogP contribution in [0, 0.1) is 0 Å². The Hall–Kier alpha value is -3.68. The molecule has 188 valence electrons. The van der Waals surface area contributed by atoms with Crippen molar-refractivity contribution in [2.24, 2.45) is 0 Å². The molecule has 0 saturated carbocycles. The summed E-state index contributed by atoms with van der Waals surface area (Å²) in [5.74, 6) is 0. The molecule has 2 aliphatic rings. The standard InChI is InChI=1S/C37H36Si/c1-5-29-25-35-33(30-16-9-6-10-17-30)22-15-23-34(35)37(29)38(31-18-11-7-12-19-31,32-20-13-8-14-21-32)36-27(3)24-26(2)28(36)4/h6-25,36-37H,5H2,1-4H3. The molecule has 0 N–H and O–H groups in total. The first kappa shape index (κ1) is 24.6. The molecule has 38 heavy (non-hydrogen) atoms. The van der Waals surface area contributed by atoms with Crippen molar-refractivity contribution in [3.8, 4) is 11.1 Å². The molecule has 0 bridgehead atoms. The molecular weight excluding hydrogens is 472 g/mol. The van der Waals surface area contributed by atoms with Crippen molar-refractivity contribution < 1.29 is 0 Å². The van der Waals surface area contributed by atoms with E-state index in [1.54, 1.807) is 11.1 Å². The summed E-state index contributed by atoms with van der Waals surface area (Å²) in [5.41, 5.74) is 12.4. The van der Waals surface area contributed by atoms with Crippen LogP contribution in [0.2, 0.25) is 5.54 Å². The van der Waals surface area contributed by atoms with Crippen LogP contribution >= 0.6 is 0 Å². The van der Waals surface area contributed by atoms with E-state index in [9.17, 15) is 0 Å². The summed E-state index contributed by atoms with van der Waals surface area (Å²) >= 11 is 0. The van der Waals surface area contributed by atoms with Crippen LogP contribution < -0.4 is 10.4 Å². The van der Waals surface area contributed by atoms with E-state index in [0.29, 0.717) is 11.1 Å². The first-order valence-corrected chi connectivity index (χ1v) is 16.1. The molecule has 1 heteroatoms. The number of hydrogen-bond acceptors (Lipinski definition) is 0. The monoisotopic (exact) mass is 508 g/mol. The van der Waals surface area contributed by atoms with Crippen molar-refractivity contribution in [2.75, 3.05) is 0 Å². The fraction of sp³-hybridized carbons (Fsp3) is 0.189. The highest BCUT2D eigenvalue weighted by molar-refractivity contribution is 7.05. The van der Waals surface area contributed by atoms with Crippen LogP contribution in [0.4, 0.5) is 0 Å². The van der Waals surface area contributed by atoms with Gasteiger partial charge in [-0.05, 0) is 49.4 Å². The van der Waals surface area contributed by atoms with E-state index in [1.165, 1.54) is 43.8 Å². The van der Waals surface area contributed by atoms with Crippen molar-refractivity contribution in [3.63, 3.8) is 0 Å². The van der Waals surface area contributed by atoms with Gasteiger partial charge in [0.05, 0.1) is 0 Å². The van der Waals surface area contributed by atoms with Gasteiger partial charge in [0.15, 0.2) is 0 Å². The normalized spacial score (nSPS) is 18.8. The lowest BCUT2D eigenvalue weighted by atomic mass is 9.97. The topological polar surface area (TPSA) is 0 Å². The van der Waals surface area contributed by atoms with Gasteiger partial charge in [0.25, 0.3) is 0 Å². The first-order valence-electron chi connectivity index (χ1n) is 13.9. The lowest BCUT2D eigenvalue weighted by Crippen LogP contribution is -2.66. The SMILES string of the molecule is CCC1=Cc2c(-c3ccccc3)cccc2C1[Si](c1ccccc1)(c1ccccc1)C1C(C)=CC(C)=C1C. The number of fused-ring (bicyclic) bond motifs is 1. The van der Waals surface area contributed by atoms with Crippen LogP contribution in [0.5, 0.6) is 0 Å². The van der Waals surface area contributed by atoms with E-state index in [2.05, 4.69) is 149 Å². The van der Waals surface area contributed by atoms with E-state index in [0.717, 1.165) is 6.42 Å². The van der Waals surface area contributed by atoms with E-state index < -0.39 is 8.07 Å². The molecule has 0 saturated heterocycles. The van der Waals surface area contributed by atoms with Gasteiger partial charge in [-0.1, -0.05) is 161 Å². The van der Waals surface area contributed by atoms with Crippen molar-refractivity contribution in [1.29, 1.82) is 0 Å². The molecule has 0 amide bonds. The summed E-state index contributed by atoms with van der Waals surface area (Å²) in [6.45, 7) is 9.43. The van der Waals surface area contributed by atoms with Crippen LogP contribution in [-0.4, -0.2) is 8.07 Å². The lowest BCUT2D eigenvalue weighted by molar-refractivity contribution is 0.943. The maximum absolute atomic E-state index is 2.55. The first-order chi connectivity index (χ1) is 18.6. The highest BCUT2D eigenvalue weighted by Crippen LogP contribution is 2.54. The second-order valence-electron chi connectivity index (χ2n) is 11.0. The van der Waals surface area contributed by atoms with E-state index >= 15 is 0 Å². The Bertz CT molecular complexity index is 1520. The largest absolute Gasteiger partial charge is 0.140 e. The molecule has 2 atom stereocenters. The molecule has 0 radical (unpaired) electrons. The summed E-state index contributed by atoms with van der Waals surface area (Å²) in [5, 5.41) is 3.06. The van der Waals surface area contributed by atoms with Crippen LogP contribution in [0.1, 0.15) is 50.8 Å². The maximum Gasteiger partial charge on any atom is 0.140 e. The van der Waals surface area contributed by atoms with E-state index in [4.69, 9.17) is 0 Å². The Labute approximate surface area is 229 Å². The van der Waals surface area contributed by atoms with Crippen LogP contribution in [0.25, 0.3) is 17.2 Å². The second-order valence-corrected chi connectivity index (χ2v) is 15.0. The quantitative estimate of drug-likeness (QED) is 0.228. The number of rotatable bonds is 6. The zero-order valence-corrected chi connectivity index (χ0v) is 23.9. The minimum Gasteiger partial charge on any atom is -0.0679 e. The van der Waals surface area contributed by atoms with E-state index in [1.807, 2.05) is 0 Å². The van der Waals surface area contributed by atoms with Gasteiger partial charge in [0.2, 0.25) is 0 Å². The lowest BCUT2D eigenvalue weighted by Gasteiger charge is -2.46. The number of benzene rings is 4. The molecule has 0 aliphatic heterocycles. The predicted octanol–water partition coefficient (Wildman–Crippen LogP) is 8.71.